The summed E-state index contributed by atoms with van der Waals surface area (Å²) in [5.41, 5.74) is 5.67. The second kappa shape index (κ2) is 5.23. The third-order valence-corrected chi connectivity index (χ3v) is 3.09. The van der Waals surface area contributed by atoms with Crippen LogP contribution in [0.4, 0.5) is 0 Å². The molecule has 84 valence electrons. The molecule has 1 unspecified atom stereocenters. The molecule has 0 aromatic carbocycles. The zero-order valence-electron chi connectivity index (χ0n) is 9.36. The number of likely N-dealkylation sites (N-methyl/N-ethyl adjacent to an activating group) is 1. The predicted molar refractivity (Wildman–Crippen MR) is 61.6 cm³/mol. The molecule has 0 aliphatic heterocycles. The first-order chi connectivity index (χ1) is 7.04. The zero-order chi connectivity index (χ0) is 11.4. The lowest BCUT2D eigenvalue weighted by Gasteiger charge is -2.19. The maximum atomic E-state index is 11.7. The van der Waals surface area contributed by atoms with E-state index < -0.39 is 0 Å². The molecular weight excluding hydrogens is 210 g/mol. The Kier molecular flexibility index (Phi) is 4.23. The standard InChI is InChI=1S/C10H17N3OS/c1-4-9(11)10(14)13(3)6-8-5-12-7(2)15-8/h5,9H,4,6,11H2,1-3H3. The molecule has 0 aliphatic carbocycles. The van der Waals surface area contributed by atoms with E-state index in [1.54, 1.807) is 29.5 Å². The van der Waals surface area contributed by atoms with E-state index in [1.807, 2.05) is 13.8 Å². The molecule has 4 nitrogen and oxygen atoms in total. The number of amides is 1. The SMILES string of the molecule is CCC(N)C(=O)N(C)Cc1cnc(C)s1. The van der Waals surface area contributed by atoms with Gasteiger partial charge in [0, 0.05) is 18.1 Å². The molecule has 0 saturated carbocycles. The van der Waals surface area contributed by atoms with Crippen LogP contribution >= 0.6 is 11.3 Å². The average Bonchev–Trinajstić information content (AvgIpc) is 2.61. The maximum Gasteiger partial charge on any atom is 0.239 e. The van der Waals surface area contributed by atoms with E-state index in [-0.39, 0.29) is 11.9 Å². The molecule has 1 amide bonds. The lowest BCUT2D eigenvalue weighted by atomic mass is 10.2. The summed E-state index contributed by atoms with van der Waals surface area (Å²) >= 11 is 1.61. The Bertz CT molecular complexity index is 337. The summed E-state index contributed by atoms with van der Waals surface area (Å²) in [6.45, 7) is 4.46. The largest absolute Gasteiger partial charge is 0.339 e. The minimum atomic E-state index is -0.385. The van der Waals surface area contributed by atoms with E-state index in [0.29, 0.717) is 13.0 Å². The highest BCUT2D eigenvalue weighted by Crippen LogP contribution is 2.13. The van der Waals surface area contributed by atoms with E-state index in [4.69, 9.17) is 5.73 Å². The number of thiazole rings is 1. The van der Waals surface area contributed by atoms with Gasteiger partial charge >= 0.3 is 0 Å². The average molecular weight is 227 g/mol. The predicted octanol–water partition coefficient (Wildman–Crippen LogP) is 1.15. The number of aryl methyl sites for hydroxylation is 1. The molecule has 2 N–H and O–H groups in total. The summed E-state index contributed by atoms with van der Waals surface area (Å²) < 4.78 is 0. The summed E-state index contributed by atoms with van der Waals surface area (Å²) in [5.74, 6) is -0.0106. The van der Waals surface area contributed by atoms with Crippen LogP contribution in [0.1, 0.15) is 23.2 Å². The molecule has 1 atom stereocenters. The van der Waals surface area contributed by atoms with Gasteiger partial charge in [0.1, 0.15) is 0 Å². The van der Waals surface area contributed by atoms with Gasteiger partial charge in [-0.3, -0.25) is 4.79 Å². The van der Waals surface area contributed by atoms with Gasteiger partial charge in [0.2, 0.25) is 5.91 Å². The van der Waals surface area contributed by atoms with Crippen LogP contribution in [0, 0.1) is 6.92 Å². The molecule has 1 heterocycles. The smallest absolute Gasteiger partial charge is 0.239 e. The Balaban J connectivity index is 2.55. The van der Waals surface area contributed by atoms with E-state index in [1.165, 1.54) is 0 Å². The Hall–Kier alpha value is -0.940. The van der Waals surface area contributed by atoms with Gasteiger partial charge in [0.25, 0.3) is 0 Å². The Morgan fingerprint density at radius 1 is 1.73 bits per heavy atom. The van der Waals surface area contributed by atoms with Crippen LogP contribution in [-0.2, 0) is 11.3 Å². The second-order valence-electron chi connectivity index (χ2n) is 3.55. The number of hydrogen-bond donors (Lipinski definition) is 1. The summed E-state index contributed by atoms with van der Waals surface area (Å²) in [5, 5.41) is 1.02. The van der Waals surface area contributed by atoms with Crippen LogP contribution in [0.2, 0.25) is 0 Å². The molecule has 0 radical (unpaired) electrons. The van der Waals surface area contributed by atoms with Crippen molar-refractivity contribution in [2.24, 2.45) is 5.73 Å². The van der Waals surface area contributed by atoms with Crippen molar-refractivity contribution in [1.82, 2.24) is 9.88 Å². The first kappa shape index (κ1) is 12.1. The number of hydrogen-bond acceptors (Lipinski definition) is 4. The quantitative estimate of drug-likeness (QED) is 0.839. The minimum absolute atomic E-state index is 0.0106. The molecule has 0 spiro atoms. The van der Waals surface area contributed by atoms with Gasteiger partial charge in [-0.05, 0) is 13.3 Å². The van der Waals surface area contributed by atoms with E-state index in [2.05, 4.69) is 4.98 Å². The van der Waals surface area contributed by atoms with Gasteiger partial charge in [-0.25, -0.2) is 4.98 Å². The molecule has 0 bridgehead atoms. The van der Waals surface area contributed by atoms with Crippen molar-refractivity contribution in [3.8, 4) is 0 Å². The van der Waals surface area contributed by atoms with Crippen molar-refractivity contribution < 1.29 is 4.79 Å². The molecule has 1 aromatic rings. The van der Waals surface area contributed by atoms with Crippen molar-refractivity contribution in [2.75, 3.05) is 7.05 Å². The van der Waals surface area contributed by atoms with Gasteiger partial charge < -0.3 is 10.6 Å². The van der Waals surface area contributed by atoms with Crippen molar-refractivity contribution in [2.45, 2.75) is 32.9 Å². The number of carbonyl (C=O) groups is 1. The van der Waals surface area contributed by atoms with Crippen molar-refractivity contribution >= 4 is 17.2 Å². The van der Waals surface area contributed by atoms with Gasteiger partial charge in [-0.2, -0.15) is 0 Å². The summed E-state index contributed by atoms with van der Waals surface area (Å²) in [6, 6.07) is -0.385. The molecule has 0 aliphatic rings. The normalized spacial score (nSPS) is 12.5. The van der Waals surface area contributed by atoms with Crippen molar-refractivity contribution in [3.05, 3.63) is 16.1 Å². The third-order valence-electron chi connectivity index (χ3n) is 2.20. The first-order valence-corrected chi connectivity index (χ1v) is 5.78. The zero-order valence-corrected chi connectivity index (χ0v) is 10.2. The molecule has 15 heavy (non-hydrogen) atoms. The topological polar surface area (TPSA) is 59.2 Å². The lowest BCUT2D eigenvalue weighted by Crippen LogP contribution is -2.40. The van der Waals surface area contributed by atoms with Crippen LogP contribution in [-0.4, -0.2) is 28.9 Å². The van der Waals surface area contributed by atoms with E-state index in [9.17, 15) is 4.79 Å². The lowest BCUT2D eigenvalue weighted by molar-refractivity contribution is -0.131. The van der Waals surface area contributed by atoms with Gasteiger partial charge in [-0.1, -0.05) is 6.92 Å². The fourth-order valence-electron chi connectivity index (χ4n) is 1.25. The molecule has 0 saturated heterocycles. The summed E-state index contributed by atoms with van der Waals surface area (Å²) in [4.78, 5) is 18.6. The number of nitrogens with two attached hydrogens (primary N) is 1. The Morgan fingerprint density at radius 3 is 2.87 bits per heavy atom. The molecule has 0 fully saturated rings. The number of carbonyl (C=O) groups excluding carboxylic acids is 1. The highest BCUT2D eigenvalue weighted by molar-refractivity contribution is 7.11. The van der Waals surface area contributed by atoms with Crippen LogP contribution in [0.15, 0.2) is 6.20 Å². The molecule has 1 rings (SSSR count). The fraction of sp³-hybridized carbons (Fsp3) is 0.600. The molecular formula is C10H17N3OS. The monoisotopic (exact) mass is 227 g/mol. The first-order valence-electron chi connectivity index (χ1n) is 4.96. The van der Waals surface area contributed by atoms with Gasteiger partial charge in [-0.15, -0.1) is 11.3 Å². The van der Waals surface area contributed by atoms with Crippen LogP contribution in [0.5, 0.6) is 0 Å². The van der Waals surface area contributed by atoms with Crippen LogP contribution in [0.25, 0.3) is 0 Å². The van der Waals surface area contributed by atoms with Gasteiger partial charge in [0.05, 0.1) is 17.6 Å². The second-order valence-corrected chi connectivity index (χ2v) is 4.87. The molecule has 5 heteroatoms. The van der Waals surface area contributed by atoms with E-state index >= 15 is 0 Å². The summed E-state index contributed by atoms with van der Waals surface area (Å²) in [7, 11) is 1.77. The highest BCUT2D eigenvalue weighted by atomic mass is 32.1. The third kappa shape index (κ3) is 3.28. The minimum Gasteiger partial charge on any atom is -0.339 e. The fourth-order valence-corrected chi connectivity index (χ4v) is 2.10. The van der Waals surface area contributed by atoms with Crippen molar-refractivity contribution in [1.29, 1.82) is 0 Å². The summed E-state index contributed by atoms with van der Waals surface area (Å²) in [6.07, 6.45) is 2.48. The number of nitrogens with zero attached hydrogens (tertiary/aromatic N) is 2. The number of rotatable bonds is 4. The maximum absolute atomic E-state index is 11.7. The van der Waals surface area contributed by atoms with Gasteiger partial charge in [0.15, 0.2) is 0 Å². The van der Waals surface area contributed by atoms with Crippen LogP contribution < -0.4 is 5.73 Å². The Labute approximate surface area is 94.1 Å². The Morgan fingerprint density at radius 2 is 2.40 bits per heavy atom. The van der Waals surface area contributed by atoms with E-state index in [0.717, 1.165) is 9.88 Å². The highest BCUT2D eigenvalue weighted by Gasteiger charge is 2.16. The molecule has 1 aromatic heterocycles. The van der Waals surface area contributed by atoms with Crippen molar-refractivity contribution in [3.63, 3.8) is 0 Å². The van der Waals surface area contributed by atoms with Crippen LogP contribution in [0.3, 0.4) is 0 Å². The number of aromatic nitrogens is 1.